The number of ether oxygens (including phenoxy) is 1. The third kappa shape index (κ3) is 2.87. The highest BCUT2D eigenvalue weighted by atomic mass is 35.5. The molecule has 0 aliphatic heterocycles. The average Bonchev–Trinajstić information content (AvgIpc) is 2.20. The van der Waals surface area contributed by atoms with E-state index in [9.17, 15) is 9.59 Å². The van der Waals surface area contributed by atoms with E-state index in [2.05, 4.69) is 10.1 Å². The first kappa shape index (κ1) is 12.8. The molecule has 0 radical (unpaired) electrons. The van der Waals surface area contributed by atoms with E-state index in [1.54, 1.807) is 0 Å². The Labute approximate surface area is 102 Å². The van der Waals surface area contributed by atoms with Crippen LogP contribution in [0, 0.1) is 0 Å². The summed E-state index contributed by atoms with van der Waals surface area (Å²) in [5.74, 6) is -0.956. The lowest BCUT2D eigenvalue weighted by Gasteiger charge is -2.10. The van der Waals surface area contributed by atoms with Crippen molar-refractivity contribution in [3.05, 3.63) is 27.7 Å². The van der Waals surface area contributed by atoms with Crippen LogP contribution in [0.15, 0.2) is 12.1 Å². The number of hydrogen-bond acceptors (Lipinski definition) is 3. The van der Waals surface area contributed by atoms with Crippen LogP contribution in [0.3, 0.4) is 0 Å². The second-order valence-corrected chi connectivity index (χ2v) is 3.83. The third-order valence-corrected chi connectivity index (χ3v) is 2.28. The molecule has 0 saturated carbocycles. The van der Waals surface area contributed by atoms with Gasteiger partial charge in [-0.15, -0.1) is 0 Å². The van der Waals surface area contributed by atoms with Gasteiger partial charge >= 0.3 is 5.97 Å². The van der Waals surface area contributed by atoms with Crippen molar-refractivity contribution in [2.75, 3.05) is 12.4 Å². The van der Waals surface area contributed by atoms with Crippen LogP contribution in [0.4, 0.5) is 5.69 Å². The molecular formula is C10H9Cl2NO3. The van der Waals surface area contributed by atoms with Crippen molar-refractivity contribution in [2.24, 2.45) is 0 Å². The SMILES string of the molecule is COC(=O)c1cc(Cl)cc(Cl)c1NC(C)=O. The fourth-order valence-electron chi connectivity index (χ4n) is 1.15. The number of rotatable bonds is 2. The summed E-state index contributed by atoms with van der Waals surface area (Å²) >= 11 is 11.6. The molecular weight excluding hydrogens is 253 g/mol. The zero-order valence-electron chi connectivity index (χ0n) is 8.64. The van der Waals surface area contributed by atoms with E-state index in [1.807, 2.05) is 0 Å². The van der Waals surface area contributed by atoms with Crippen LogP contribution in [0.1, 0.15) is 17.3 Å². The second kappa shape index (κ2) is 5.18. The van der Waals surface area contributed by atoms with E-state index in [4.69, 9.17) is 23.2 Å². The Morgan fingerprint density at radius 1 is 1.31 bits per heavy atom. The lowest BCUT2D eigenvalue weighted by molar-refractivity contribution is -0.114. The van der Waals surface area contributed by atoms with Crippen LogP contribution < -0.4 is 5.32 Å². The third-order valence-electron chi connectivity index (χ3n) is 1.76. The summed E-state index contributed by atoms with van der Waals surface area (Å²) in [4.78, 5) is 22.4. The smallest absolute Gasteiger partial charge is 0.340 e. The predicted molar refractivity (Wildman–Crippen MR) is 62.1 cm³/mol. The highest BCUT2D eigenvalue weighted by Gasteiger charge is 2.17. The van der Waals surface area contributed by atoms with Gasteiger partial charge in [0, 0.05) is 11.9 Å². The topological polar surface area (TPSA) is 55.4 Å². The second-order valence-electron chi connectivity index (χ2n) is 2.98. The van der Waals surface area contributed by atoms with E-state index in [0.717, 1.165) is 0 Å². The maximum absolute atomic E-state index is 11.4. The Bertz CT molecular complexity index is 446. The van der Waals surface area contributed by atoms with Crippen molar-refractivity contribution in [2.45, 2.75) is 6.92 Å². The molecule has 6 heteroatoms. The van der Waals surface area contributed by atoms with Gasteiger partial charge in [-0.2, -0.15) is 0 Å². The minimum Gasteiger partial charge on any atom is -0.465 e. The van der Waals surface area contributed by atoms with E-state index in [0.29, 0.717) is 5.02 Å². The summed E-state index contributed by atoms with van der Waals surface area (Å²) < 4.78 is 4.56. The van der Waals surface area contributed by atoms with Gasteiger partial charge in [-0.3, -0.25) is 4.79 Å². The van der Waals surface area contributed by atoms with E-state index in [-0.39, 0.29) is 22.2 Å². The molecule has 0 heterocycles. The number of benzene rings is 1. The molecule has 1 rings (SSSR count). The van der Waals surface area contributed by atoms with Crippen LogP contribution in [-0.4, -0.2) is 19.0 Å². The van der Waals surface area contributed by atoms with Gasteiger partial charge in [0.05, 0.1) is 23.4 Å². The van der Waals surface area contributed by atoms with E-state index in [1.165, 1.54) is 26.2 Å². The Morgan fingerprint density at radius 3 is 2.44 bits per heavy atom. The Kier molecular flexibility index (Phi) is 4.15. The molecule has 1 aromatic carbocycles. The van der Waals surface area contributed by atoms with Crippen molar-refractivity contribution in [1.82, 2.24) is 0 Å². The molecule has 86 valence electrons. The highest BCUT2D eigenvalue weighted by Crippen LogP contribution is 2.30. The summed E-state index contributed by atoms with van der Waals surface area (Å²) in [5, 5.41) is 2.93. The largest absolute Gasteiger partial charge is 0.465 e. The zero-order chi connectivity index (χ0) is 12.3. The average molecular weight is 262 g/mol. The number of carbonyl (C=O) groups is 2. The first-order valence-electron chi connectivity index (χ1n) is 4.30. The van der Waals surface area contributed by atoms with Gasteiger partial charge in [0.15, 0.2) is 0 Å². The van der Waals surface area contributed by atoms with Gasteiger partial charge in [0.2, 0.25) is 5.91 Å². The molecule has 1 amide bonds. The standard InChI is InChI=1S/C10H9Cl2NO3/c1-5(14)13-9-7(10(15)16-2)3-6(11)4-8(9)12/h3-4H,1-2H3,(H,13,14). The number of carbonyl (C=O) groups excluding carboxylic acids is 2. The lowest BCUT2D eigenvalue weighted by Crippen LogP contribution is -2.12. The van der Waals surface area contributed by atoms with Gasteiger partial charge in [0.1, 0.15) is 0 Å². The number of amides is 1. The molecule has 0 aliphatic carbocycles. The van der Waals surface area contributed by atoms with Gasteiger partial charge in [0.25, 0.3) is 0 Å². The predicted octanol–water partition coefficient (Wildman–Crippen LogP) is 2.74. The van der Waals surface area contributed by atoms with Crippen LogP contribution in [0.25, 0.3) is 0 Å². The number of halogens is 2. The zero-order valence-corrected chi connectivity index (χ0v) is 10.1. The fraction of sp³-hybridized carbons (Fsp3) is 0.200. The van der Waals surface area contributed by atoms with Gasteiger partial charge in [-0.05, 0) is 12.1 Å². The summed E-state index contributed by atoms with van der Waals surface area (Å²) in [7, 11) is 1.23. The molecule has 0 aromatic heterocycles. The van der Waals surface area contributed by atoms with Crippen LogP contribution in [0.5, 0.6) is 0 Å². The molecule has 0 unspecified atom stereocenters. The fourth-order valence-corrected chi connectivity index (χ4v) is 1.69. The van der Waals surface area contributed by atoms with Crippen molar-refractivity contribution in [1.29, 1.82) is 0 Å². The quantitative estimate of drug-likeness (QED) is 0.833. The minimum atomic E-state index is -0.617. The number of hydrogen-bond donors (Lipinski definition) is 1. The molecule has 0 bridgehead atoms. The normalized spacial score (nSPS) is 9.75. The molecule has 16 heavy (non-hydrogen) atoms. The van der Waals surface area contributed by atoms with E-state index < -0.39 is 5.97 Å². The molecule has 0 aliphatic rings. The van der Waals surface area contributed by atoms with E-state index >= 15 is 0 Å². The number of esters is 1. The maximum atomic E-state index is 11.4. The first-order chi connectivity index (χ1) is 7.45. The summed E-state index contributed by atoms with van der Waals surface area (Å²) in [6.07, 6.45) is 0. The Hall–Kier alpha value is -1.26. The van der Waals surface area contributed by atoms with Crippen molar-refractivity contribution >= 4 is 40.8 Å². The van der Waals surface area contributed by atoms with Gasteiger partial charge in [-0.1, -0.05) is 23.2 Å². The van der Waals surface area contributed by atoms with Gasteiger partial charge < -0.3 is 10.1 Å². The van der Waals surface area contributed by atoms with Crippen molar-refractivity contribution in [3.8, 4) is 0 Å². The van der Waals surface area contributed by atoms with Crippen molar-refractivity contribution < 1.29 is 14.3 Å². The summed E-state index contributed by atoms with van der Waals surface area (Å²) in [6.45, 7) is 1.31. The highest BCUT2D eigenvalue weighted by molar-refractivity contribution is 6.37. The molecule has 0 spiro atoms. The molecule has 0 fully saturated rings. The Balaban J connectivity index is 3.31. The van der Waals surface area contributed by atoms with Crippen LogP contribution in [-0.2, 0) is 9.53 Å². The monoisotopic (exact) mass is 261 g/mol. The number of nitrogens with one attached hydrogen (secondary N) is 1. The number of anilines is 1. The molecule has 0 atom stereocenters. The van der Waals surface area contributed by atoms with Crippen molar-refractivity contribution in [3.63, 3.8) is 0 Å². The first-order valence-corrected chi connectivity index (χ1v) is 5.06. The minimum absolute atomic E-state index is 0.121. The molecule has 4 nitrogen and oxygen atoms in total. The summed E-state index contributed by atoms with van der Waals surface area (Å²) in [5.41, 5.74) is 0.320. The summed E-state index contributed by atoms with van der Waals surface area (Å²) in [6, 6.07) is 2.81. The molecule has 1 N–H and O–H groups in total. The molecule has 0 saturated heterocycles. The lowest BCUT2D eigenvalue weighted by atomic mass is 10.1. The van der Waals surface area contributed by atoms with Gasteiger partial charge in [-0.25, -0.2) is 4.79 Å². The van der Waals surface area contributed by atoms with Crippen LogP contribution in [0.2, 0.25) is 10.0 Å². The molecule has 1 aromatic rings. The van der Waals surface area contributed by atoms with Crippen LogP contribution >= 0.6 is 23.2 Å². The maximum Gasteiger partial charge on any atom is 0.340 e. The Morgan fingerprint density at radius 2 is 1.94 bits per heavy atom. The number of methoxy groups -OCH3 is 1.